The van der Waals surface area contributed by atoms with Crippen molar-refractivity contribution in [3.05, 3.63) is 40.4 Å². The normalized spacial score (nSPS) is 12.6. The molecule has 1 unspecified atom stereocenters. The van der Waals surface area contributed by atoms with Crippen molar-refractivity contribution in [3.63, 3.8) is 0 Å². The van der Waals surface area contributed by atoms with Crippen LogP contribution >= 0.6 is 11.6 Å². The van der Waals surface area contributed by atoms with E-state index < -0.39 is 16.6 Å². The molecule has 0 radical (unpaired) electrons. The van der Waals surface area contributed by atoms with Crippen molar-refractivity contribution in [2.24, 2.45) is 0 Å². The Morgan fingerprint density at radius 3 is 2.71 bits per heavy atom. The molecule has 21 heavy (non-hydrogen) atoms. The quantitative estimate of drug-likeness (QED) is 0.857. The summed E-state index contributed by atoms with van der Waals surface area (Å²) in [5.41, 5.74) is 6.97. The van der Waals surface area contributed by atoms with Gasteiger partial charge in [0.05, 0.1) is 38.7 Å². The molecule has 0 saturated heterocycles. The zero-order valence-electron chi connectivity index (χ0n) is 11.9. The number of anilines is 1. The first-order chi connectivity index (χ1) is 9.97. The fraction of sp³-hybridized carbons (Fsp3) is 0.357. The van der Waals surface area contributed by atoms with Crippen molar-refractivity contribution >= 4 is 28.1 Å². The van der Waals surface area contributed by atoms with Crippen LogP contribution in [-0.4, -0.2) is 14.0 Å². The van der Waals surface area contributed by atoms with Crippen molar-refractivity contribution in [2.75, 3.05) is 5.73 Å². The minimum Gasteiger partial charge on any atom is -0.396 e. The molecule has 0 bridgehead atoms. The second-order valence-electron chi connectivity index (χ2n) is 4.55. The lowest BCUT2D eigenvalue weighted by Gasteiger charge is -2.06. The number of rotatable bonds is 5. The molecule has 2 rings (SSSR count). The average molecular weight is 330 g/mol. The van der Waals surface area contributed by atoms with E-state index in [9.17, 15) is 8.60 Å². The van der Waals surface area contributed by atoms with Crippen LogP contribution in [0.1, 0.15) is 25.2 Å². The maximum atomic E-state index is 13.5. The maximum absolute atomic E-state index is 13.5. The van der Waals surface area contributed by atoms with Crippen LogP contribution in [0.3, 0.4) is 0 Å². The van der Waals surface area contributed by atoms with Crippen molar-refractivity contribution in [2.45, 2.75) is 37.5 Å². The lowest BCUT2D eigenvalue weighted by atomic mass is 10.3. The fourth-order valence-corrected chi connectivity index (χ4v) is 3.59. The molecular formula is C14H17ClFN3OS. The molecule has 0 fully saturated rings. The summed E-state index contributed by atoms with van der Waals surface area (Å²) in [6.07, 6.45) is 0.710. The van der Waals surface area contributed by atoms with Gasteiger partial charge >= 0.3 is 0 Å². The Morgan fingerprint density at radius 2 is 2.14 bits per heavy atom. The Bertz CT molecular complexity index is 687. The van der Waals surface area contributed by atoms with E-state index in [0.717, 1.165) is 5.69 Å². The molecule has 1 aromatic heterocycles. The summed E-state index contributed by atoms with van der Waals surface area (Å²) in [6.45, 7) is 4.55. The molecule has 0 aliphatic carbocycles. The summed E-state index contributed by atoms with van der Waals surface area (Å²) in [5.74, 6) is -0.367. The number of halogens is 2. The van der Waals surface area contributed by atoms with Gasteiger partial charge in [-0.3, -0.25) is 8.89 Å². The maximum Gasteiger partial charge on any atom is 0.147 e. The van der Waals surface area contributed by atoms with Crippen molar-refractivity contribution in [3.8, 4) is 0 Å². The van der Waals surface area contributed by atoms with Gasteiger partial charge in [-0.05, 0) is 31.5 Å². The van der Waals surface area contributed by atoms with E-state index >= 15 is 0 Å². The molecule has 1 atom stereocenters. The second kappa shape index (κ2) is 6.58. The summed E-state index contributed by atoms with van der Waals surface area (Å²) >= 11 is 6.28. The summed E-state index contributed by atoms with van der Waals surface area (Å²) in [7, 11) is -1.40. The minimum absolute atomic E-state index is 0.0423. The van der Waals surface area contributed by atoms with Gasteiger partial charge in [-0.25, -0.2) is 4.39 Å². The lowest BCUT2D eigenvalue weighted by molar-refractivity contribution is 0.621. The van der Waals surface area contributed by atoms with Gasteiger partial charge in [-0.1, -0.05) is 18.5 Å². The van der Waals surface area contributed by atoms with Crippen LogP contribution in [0.15, 0.2) is 23.1 Å². The lowest BCUT2D eigenvalue weighted by Crippen LogP contribution is -2.07. The van der Waals surface area contributed by atoms with E-state index in [-0.39, 0.29) is 11.4 Å². The molecular weight excluding hydrogens is 313 g/mol. The Kier molecular flexibility index (Phi) is 5.00. The Labute approximate surface area is 130 Å². The number of nitrogen functional groups attached to an aromatic ring is 1. The predicted molar refractivity (Wildman–Crippen MR) is 83.2 cm³/mol. The first-order valence-corrected chi connectivity index (χ1v) is 8.35. The molecule has 0 spiro atoms. The van der Waals surface area contributed by atoms with Gasteiger partial charge in [0.2, 0.25) is 0 Å². The molecule has 0 aliphatic heterocycles. The minimum atomic E-state index is -1.40. The van der Waals surface area contributed by atoms with Crippen LogP contribution in [0, 0.1) is 5.82 Å². The first kappa shape index (κ1) is 16.0. The zero-order valence-corrected chi connectivity index (χ0v) is 13.5. The smallest absolute Gasteiger partial charge is 0.147 e. The molecule has 7 heteroatoms. The highest BCUT2D eigenvalue weighted by atomic mass is 35.5. The van der Waals surface area contributed by atoms with E-state index in [0.29, 0.717) is 28.6 Å². The second-order valence-corrected chi connectivity index (χ2v) is 6.38. The third-order valence-corrected chi connectivity index (χ3v) is 4.95. The highest BCUT2D eigenvalue weighted by Gasteiger charge is 2.18. The molecule has 2 N–H and O–H groups in total. The van der Waals surface area contributed by atoms with Gasteiger partial charge in [0.1, 0.15) is 5.82 Å². The number of hydrogen-bond donors (Lipinski definition) is 1. The van der Waals surface area contributed by atoms with Crippen molar-refractivity contribution in [1.29, 1.82) is 0 Å². The predicted octanol–water partition coefficient (Wildman–Crippen LogP) is 3.15. The molecule has 0 aliphatic rings. The van der Waals surface area contributed by atoms with Gasteiger partial charge in [0.25, 0.3) is 0 Å². The molecule has 0 saturated carbocycles. The third-order valence-electron chi connectivity index (χ3n) is 3.20. The number of hydrogen-bond acceptors (Lipinski definition) is 3. The molecule has 1 heterocycles. The Hall–Kier alpha value is -1.40. The standard InChI is InChI=1S/C14H17ClFN3OS/c1-3-12-14(15)13(19(4-2)18-12)8-21(20)9-5-6-11(17)10(16)7-9/h5-7H,3-4,8,17H2,1-2H3. The number of aromatic nitrogens is 2. The van der Waals surface area contributed by atoms with Gasteiger partial charge < -0.3 is 5.73 Å². The number of nitrogens with zero attached hydrogens (tertiary/aromatic N) is 2. The Morgan fingerprint density at radius 1 is 1.43 bits per heavy atom. The topological polar surface area (TPSA) is 60.9 Å². The van der Waals surface area contributed by atoms with E-state index in [1.54, 1.807) is 10.7 Å². The monoisotopic (exact) mass is 329 g/mol. The fourth-order valence-electron chi connectivity index (χ4n) is 2.01. The highest BCUT2D eigenvalue weighted by Crippen LogP contribution is 2.25. The van der Waals surface area contributed by atoms with Gasteiger partial charge in [-0.2, -0.15) is 5.10 Å². The van der Waals surface area contributed by atoms with Crippen LogP contribution in [0.25, 0.3) is 0 Å². The largest absolute Gasteiger partial charge is 0.396 e. The van der Waals surface area contributed by atoms with Crippen molar-refractivity contribution in [1.82, 2.24) is 9.78 Å². The summed E-state index contributed by atoms with van der Waals surface area (Å²) < 4.78 is 27.6. The highest BCUT2D eigenvalue weighted by molar-refractivity contribution is 7.84. The molecule has 4 nitrogen and oxygen atoms in total. The summed E-state index contributed by atoms with van der Waals surface area (Å²) in [5, 5.41) is 4.93. The zero-order chi connectivity index (χ0) is 15.6. The van der Waals surface area contributed by atoms with Gasteiger partial charge in [0, 0.05) is 11.4 Å². The molecule has 114 valence electrons. The Balaban J connectivity index is 2.31. The SMILES string of the molecule is CCc1nn(CC)c(CS(=O)c2ccc(N)c(F)c2)c1Cl. The van der Waals surface area contributed by atoms with Crippen LogP contribution in [0.5, 0.6) is 0 Å². The van der Waals surface area contributed by atoms with E-state index in [1.165, 1.54) is 12.1 Å². The van der Waals surface area contributed by atoms with Crippen LogP contribution in [0.2, 0.25) is 5.02 Å². The van der Waals surface area contributed by atoms with Crippen LogP contribution < -0.4 is 5.73 Å². The molecule has 0 amide bonds. The van der Waals surface area contributed by atoms with Gasteiger partial charge in [0.15, 0.2) is 0 Å². The average Bonchev–Trinajstić information content (AvgIpc) is 2.78. The van der Waals surface area contributed by atoms with E-state index in [2.05, 4.69) is 5.10 Å². The van der Waals surface area contributed by atoms with E-state index in [4.69, 9.17) is 17.3 Å². The van der Waals surface area contributed by atoms with Crippen LogP contribution in [0.4, 0.5) is 10.1 Å². The summed E-state index contributed by atoms with van der Waals surface area (Å²) in [4.78, 5) is 0.389. The molecule has 1 aromatic carbocycles. The first-order valence-electron chi connectivity index (χ1n) is 6.65. The molecule has 2 aromatic rings. The number of benzene rings is 1. The van der Waals surface area contributed by atoms with Crippen molar-refractivity contribution < 1.29 is 8.60 Å². The number of nitrogens with two attached hydrogens (primary N) is 1. The van der Waals surface area contributed by atoms with E-state index in [1.807, 2.05) is 13.8 Å². The summed E-state index contributed by atoms with van der Waals surface area (Å²) in [6, 6.07) is 4.18. The third kappa shape index (κ3) is 3.27. The van der Waals surface area contributed by atoms with Gasteiger partial charge in [-0.15, -0.1) is 0 Å². The number of aryl methyl sites for hydroxylation is 2. The van der Waals surface area contributed by atoms with Crippen LogP contribution in [-0.2, 0) is 29.5 Å².